The molecule has 0 aliphatic carbocycles. The van der Waals surface area contributed by atoms with Gasteiger partial charge in [0, 0.05) is 16.6 Å². The molecule has 0 aromatic heterocycles. The van der Waals surface area contributed by atoms with E-state index in [-0.39, 0.29) is 5.91 Å². The van der Waals surface area contributed by atoms with Crippen molar-refractivity contribution in [2.24, 2.45) is 0 Å². The molecule has 0 fully saturated rings. The maximum absolute atomic E-state index is 12.0. The highest BCUT2D eigenvalue weighted by molar-refractivity contribution is 9.10. The van der Waals surface area contributed by atoms with Gasteiger partial charge in [0.25, 0.3) is 5.91 Å². The highest BCUT2D eigenvalue weighted by Gasteiger charge is 2.06. The number of carbonyl (C=O) groups excluding carboxylic acids is 1. The summed E-state index contributed by atoms with van der Waals surface area (Å²) < 4.78 is 0.954. The van der Waals surface area contributed by atoms with Crippen LogP contribution in [0.3, 0.4) is 0 Å². The Morgan fingerprint density at radius 3 is 2.42 bits per heavy atom. The third kappa shape index (κ3) is 3.67. The van der Waals surface area contributed by atoms with E-state index in [2.05, 4.69) is 21.2 Å². The molecule has 0 unspecified atom stereocenters. The second kappa shape index (κ2) is 6.02. The molecule has 1 amide bonds. The number of halogens is 1. The normalized spacial score (nSPS) is 10.3. The van der Waals surface area contributed by atoms with Gasteiger partial charge in [0.1, 0.15) is 0 Å². The van der Waals surface area contributed by atoms with Crippen LogP contribution in [0.4, 0.5) is 0 Å². The van der Waals surface area contributed by atoms with Crippen molar-refractivity contribution in [3.8, 4) is 0 Å². The first-order chi connectivity index (χ1) is 9.06. The average molecular weight is 318 g/mol. The van der Waals surface area contributed by atoms with Gasteiger partial charge in [-0.25, -0.2) is 0 Å². The largest absolute Gasteiger partial charge is 0.348 e. The van der Waals surface area contributed by atoms with Crippen molar-refractivity contribution in [1.82, 2.24) is 5.32 Å². The minimum atomic E-state index is -0.0544. The Hall–Kier alpha value is -1.61. The van der Waals surface area contributed by atoms with E-state index in [0.717, 1.165) is 15.6 Å². The summed E-state index contributed by atoms with van der Waals surface area (Å²) >= 11 is 3.44. The summed E-state index contributed by atoms with van der Waals surface area (Å²) in [5, 5.41) is 2.92. The van der Waals surface area contributed by atoms with E-state index < -0.39 is 0 Å². The van der Waals surface area contributed by atoms with Crippen molar-refractivity contribution in [3.63, 3.8) is 0 Å². The van der Waals surface area contributed by atoms with Crippen LogP contribution in [0.1, 0.15) is 27.0 Å². The van der Waals surface area contributed by atoms with Crippen molar-refractivity contribution >= 4 is 21.8 Å². The van der Waals surface area contributed by atoms with Crippen LogP contribution >= 0.6 is 15.9 Å². The molecule has 2 aromatic carbocycles. The molecule has 0 aliphatic heterocycles. The summed E-state index contributed by atoms with van der Waals surface area (Å²) in [6.07, 6.45) is 0. The highest BCUT2D eigenvalue weighted by atomic mass is 79.9. The Kier molecular flexibility index (Phi) is 4.38. The zero-order valence-electron chi connectivity index (χ0n) is 11.0. The fraction of sp³-hybridized carbons (Fsp3) is 0.188. The molecule has 0 saturated carbocycles. The van der Waals surface area contributed by atoms with E-state index in [4.69, 9.17) is 0 Å². The minimum absolute atomic E-state index is 0.0544. The number of nitrogens with one attached hydrogen (secondary N) is 1. The maximum atomic E-state index is 12.0. The molecule has 0 radical (unpaired) electrons. The van der Waals surface area contributed by atoms with Gasteiger partial charge < -0.3 is 5.32 Å². The Balaban J connectivity index is 2.01. The van der Waals surface area contributed by atoms with Gasteiger partial charge in [-0.15, -0.1) is 0 Å². The third-order valence-corrected chi connectivity index (χ3v) is 3.86. The smallest absolute Gasteiger partial charge is 0.251 e. The van der Waals surface area contributed by atoms with Gasteiger partial charge in [-0.05, 0) is 37.1 Å². The molecule has 0 saturated heterocycles. The van der Waals surface area contributed by atoms with Crippen LogP contribution < -0.4 is 5.32 Å². The monoisotopic (exact) mass is 317 g/mol. The molecule has 0 heterocycles. The molecular formula is C16H16BrNO. The second-order valence-corrected chi connectivity index (χ2v) is 5.49. The van der Waals surface area contributed by atoms with Crippen molar-refractivity contribution in [3.05, 3.63) is 69.2 Å². The predicted octanol–water partition coefficient (Wildman–Crippen LogP) is 4.00. The number of rotatable bonds is 3. The quantitative estimate of drug-likeness (QED) is 0.911. The molecule has 0 atom stereocenters. The molecule has 0 bridgehead atoms. The predicted molar refractivity (Wildman–Crippen MR) is 81.2 cm³/mol. The fourth-order valence-corrected chi connectivity index (χ4v) is 2.10. The van der Waals surface area contributed by atoms with E-state index in [1.165, 1.54) is 5.56 Å². The number of aryl methyl sites for hydroxylation is 2. The number of amides is 1. The standard InChI is InChI=1S/C16H16BrNO/c1-11-3-6-13(7-4-11)10-18-16(19)14-8-5-12(2)15(17)9-14/h3-9H,10H2,1-2H3,(H,18,19). The molecule has 0 spiro atoms. The molecule has 0 aliphatic rings. The summed E-state index contributed by atoms with van der Waals surface area (Å²) in [4.78, 5) is 12.0. The number of hydrogen-bond donors (Lipinski definition) is 1. The summed E-state index contributed by atoms with van der Waals surface area (Å²) in [5.74, 6) is -0.0544. The Morgan fingerprint density at radius 1 is 1.11 bits per heavy atom. The molecule has 2 aromatic rings. The lowest BCUT2D eigenvalue weighted by atomic mass is 10.1. The Bertz CT molecular complexity index is 590. The van der Waals surface area contributed by atoms with E-state index in [1.54, 1.807) is 0 Å². The first-order valence-electron chi connectivity index (χ1n) is 6.16. The van der Waals surface area contributed by atoms with Gasteiger partial charge in [0.2, 0.25) is 0 Å². The highest BCUT2D eigenvalue weighted by Crippen LogP contribution is 2.17. The summed E-state index contributed by atoms with van der Waals surface area (Å²) in [6, 6.07) is 13.8. The first-order valence-corrected chi connectivity index (χ1v) is 6.95. The SMILES string of the molecule is Cc1ccc(CNC(=O)c2ccc(C)c(Br)c2)cc1. The van der Waals surface area contributed by atoms with Crippen LogP contribution in [-0.2, 0) is 6.54 Å². The molecule has 3 heteroatoms. The minimum Gasteiger partial charge on any atom is -0.348 e. The third-order valence-electron chi connectivity index (χ3n) is 3.01. The molecule has 19 heavy (non-hydrogen) atoms. The topological polar surface area (TPSA) is 29.1 Å². The number of carbonyl (C=O) groups is 1. The molecular weight excluding hydrogens is 302 g/mol. The number of benzene rings is 2. The second-order valence-electron chi connectivity index (χ2n) is 4.63. The number of hydrogen-bond acceptors (Lipinski definition) is 1. The van der Waals surface area contributed by atoms with Crippen molar-refractivity contribution in [2.45, 2.75) is 20.4 Å². The van der Waals surface area contributed by atoms with Gasteiger partial charge in [0.05, 0.1) is 0 Å². The van der Waals surface area contributed by atoms with E-state index in [0.29, 0.717) is 12.1 Å². The van der Waals surface area contributed by atoms with Crippen LogP contribution in [0, 0.1) is 13.8 Å². The van der Waals surface area contributed by atoms with Crippen LogP contribution in [0.5, 0.6) is 0 Å². The van der Waals surface area contributed by atoms with Gasteiger partial charge in [-0.3, -0.25) is 4.79 Å². The van der Waals surface area contributed by atoms with Gasteiger partial charge in [-0.2, -0.15) is 0 Å². The van der Waals surface area contributed by atoms with Gasteiger partial charge >= 0.3 is 0 Å². The molecule has 1 N–H and O–H groups in total. The van der Waals surface area contributed by atoms with Crippen LogP contribution in [0.15, 0.2) is 46.9 Å². The lowest BCUT2D eigenvalue weighted by molar-refractivity contribution is 0.0951. The Labute approximate surface area is 122 Å². The van der Waals surface area contributed by atoms with Crippen molar-refractivity contribution < 1.29 is 4.79 Å². The van der Waals surface area contributed by atoms with Gasteiger partial charge in [-0.1, -0.05) is 51.8 Å². The van der Waals surface area contributed by atoms with Crippen molar-refractivity contribution in [2.75, 3.05) is 0 Å². The summed E-state index contributed by atoms with van der Waals surface area (Å²) in [6.45, 7) is 4.59. The van der Waals surface area contributed by atoms with Crippen molar-refractivity contribution in [1.29, 1.82) is 0 Å². The summed E-state index contributed by atoms with van der Waals surface area (Å²) in [7, 11) is 0. The summed E-state index contributed by atoms with van der Waals surface area (Å²) in [5.41, 5.74) is 4.11. The van der Waals surface area contributed by atoms with E-state index in [1.807, 2.05) is 56.3 Å². The molecule has 2 rings (SSSR count). The lowest BCUT2D eigenvalue weighted by Gasteiger charge is -2.07. The maximum Gasteiger partial charge on any atom is 0.251 e. The van der Waals surface area contributed by atoms with Crippen LogP contribution in [0.25, 0.3) is 0 Å². The zero-order valence-corrected chi connectivity index (χ0v) is 12.6. The average Bonchev–Trinajstić information content (AvgIpc) is 2.41. The van der Waals surface area contributed by atoms with E-state index >= 15 is 0 Å². The lowest BCUT2D eigenvalue weighted by Crippen LogP contribution is -2.22. The fourth-order valence-electron chi connectivity index (χ4n) is 1.72. The van der Waals surface area contributed by atoms with E-state index in [9.17, 15) is 4.79 Å². The van der Waals surface area contributed by atoms with Gasteiger partial charge in [0.15, 0.2) is 0 Å². The first kappa shape index (κ1) is 13.8. The molecule has 2 nitrogen and oxygen atoms in total. The Morgan fingerprint density at radius 2 is 1.79 bits per heavy atom. The molecule has 98 valence electrons. The van der Waals surface area contributed by atoms with Crippen LogP contribution in [-0.4, -0.2) is 5.91 Å². The zero-order chi connectivity index (χ0) is 13.8. The van der Waals surface area contributed by atoms with Crippen LogP contribution in [0.2, 0.25) is 0 Å².